The number of carbonyl (C=O) groups excluding carboxylic acids is 1. The second kappa shape index (κ2) is 5.11. The largest absolute Gasteiger partial charge is 0.339 e. The zero-order valence-corrected chi connectivity index (χ0v) is 12.9. The molecule has 0 aliphatic carbocycles. The van der Waals surface area contributed by atoms with Crippen LogP contribution in [0.25, 0.3) is 10.1 Å². The first kappa shape index (κ1) is 13.3. The molecule has 1 N–H and O–H groups in total. The lowest BCUT2D eigenvalue weighted by Crippen LogP contribution is -2.44. The molecule has 0 radical (unpaired) electrons. The molecule has 2 aliphatic rings. The van der Waals surface area contributed by atoms with Crippen molar-refractivity contribution in [1.82, 2.24) is 10.2 Å². The Kier molecular flexibility index (Phi) is 3.23. The second-order valence-electron chi connectivity index (χ2n) is 6.39. The topological polar surface area (TPSA) is 32.3 Å². The summed E-state index contributed by atoms with van der Waals surface area (Å²) in [5.41, 5.74) is 1.30. The van der Waals surface area contributed by atoms with Gasteiger partial charge in [-0.25, -0.2) is 0 Å². The minimum Gasteiger partial charge on any atom is -0.339 e. The highest BCUT2D eigenvalue weighted by atomic mass is 32.1. The number of amides is 1. The number of thiophene rings is 1. The summed E-state index contributed by atoms with van der Waals surface area (Å²) in [6, 6.07) is 8.17. The molecule has 0 atom stereocenters. The molecule has 0 saturated carbocycles. The monoisotopic (exact) mass is 300 g/mol. The van der Waals surface area contributed by atoms with Crippen molar-refractivity contribution in [3.63, 3.8) is 0 Å². The molecule has 2 aromatic rings. The van der Waals surface area contributed by atoms with E-state index in [-0.39, 0.29) is 5.91 Å². The number of fused-ring (bicyclic) bond motifs is 1. The third-order valence-electron chi connectivity index (χ3n) is 5.14. The van der Waals surface area contributed by atoms with E-state index < -0.39 is 0 Å². The minimum atomic E-state index is 0.198. The van der Waals surface area contributed by atoms with Crippen molar-refractivity contribution in [2.24, 2.45) is 5.41 Å². The maximum atomic E-state index is 12.7. The van der Waals surface area contributed by atoms with Crippen LogP contribution in [-0.4, -0.2) is 37.0 Å². The van der Waals surface area contributed by atoms with Gasteiger partial charge in [-0.05, 0) is 66.3 Å². The van der Waals surface area contributed by atoms with Gasteiger partial charge in [-0.3, -0.25) is 4.79 Å². The molecule has 1 aromatic carbocycles. The highest BCUT2D eigenvalue weighted by Crippen LogP contribution is 2.37. The molecule has 3 heterocycles. The summed E-state index contributed by atoms with van der Waals surface area (Å²) in [4.78, 5) is 14.7. The molecule has 1 amide bonds. The molecule has 0 unspecified atom stereocenters. The number of nitrogens with one attached hydrogen (secondary N) is 1. The van der Waals surface area contributed by atoms with Crippen LogP contribution in [-0.2, 0) is 0 Å². The zero-order valence-electron chi connectivity index (χ0n) is 12.1. The number of benzene rings is 1. The third kappa shape index (κ3) is 2.36. The van der Waals surface area contributed by atoms with E-state index >= 15 is 0 Å². The van der Waals surface area contributed by atoms with E-state index in [2.05, 4.69) is 22.8 Å². The van der Waals surface area contributed by atoms with Crippen molar-refractivity contribution >= 4 is 27.3 Å². The van der Waals surface area contributed by atoms with Crippen LogP contribution in [0.15, 0.2) is 29.6 Å². The van der Waals surface area contributed by atoms with Gasteiger partial charge in [-0.2, -0.15) is 0 Å². The number of piperidine rings is 1. The zero-order chi connectivity index (χ0) is 14.3. The molecule has 3 nitrogen and oxygen atoms in total. The predicted octanol–water partition coefficient (Wildman–Crippen LogP) is 3.12. The molecule has 1 aromatic heterocycles. The first-order valence-electron chi connectivity index (χ1n) is 7.73. The van der Waals surface area contributed by atoms with E-state index in [0.717, 1.165) is 44.6 Å². The summed E-state index contributed by atoms with van der Waals surface area (Å²) in [7, 11) is 0. The van der Waals surface area contributed by atoms with Gasteiger partial charge in [0.25, 0.3) is 5.91 Å². The molecule has 4 heteroatoms. The highest BCUT2D eigenvalue weighted by Gasteiger charge is 2.38. The number of carbonyl (C=O) groups is 1. The van der Waals surface area contributed by atoms with Crippen molar-refractivity contribution in [1.29, 1.82) is 0 Å². The molecule has 2 aliphatic heterocycles. The van der Waals surface area contributed by atoms with E-state index in [1.165, 1.54) is 16.5 Å². The van der Waals surface area contributed by atoms with E-state index in [0.29, 0.717) is 5.41 Å². The van der Waals surface area contributed by atoms with Crippen LogP contribution in [0.4, 0.5) is 0 Å². The van der Waals surface area contributed by atoms with Crippen molar-refractivity contribution < 1.29 is 4.79 Å². The Labute approximate surface area is 128 Å². The molecule has 1 spiro atoms. The van der Waals surface area contributed by atoms with Gasteiger partial charge in [0, 0.05) is 29.9 Å². The first-order valence-corrected chi connectivity index (χ1v) is 8.61. The van der Waals surface area contributed by atoms with Crippen LogP contribution in [0.2, 0.25) is 0 Å². The van der Waals surface area contributed by atoms with Gasteiger partial charge < -0.3 is 10.2 Å². The summed E-state index contributed by atoms with van der Waals surface area (Å²) in [6.07, 6.45) is 3.56. The van der Waals surface area contributed by atoms with Crippen LogP contribution in [0, 0.1) is 5.41 Å². The van der Waals surface area contributed by atoms with Crippen molar-refractivity contribution in [3.8, 4) is 0 Å². The lowest BCUT2D eigenvalue weighted by atomic mass is 9.78. The fourth-order valence-corrected chi connectivity index (χ4v) is 4.46. The van der Waals surface area contributed by atoms with Crippen molar-refractivity contribution in [3.05, 3.63) is 35.2 Å². The standard InChI is InChI=1S/C17H20N2OS/c20-16(14-1-2-15-13(11-14)3-10-21-15)19-8-5-17(6-9-19)4-7-18-12-17/h1-3,10-11,18H,4-9,12H2. The number of hydrogen-bond donors (Lipinski definition) is 1. The van der Waals surface area contributed by atoms with Crippen LogP contribution in [0.1, 0.15) is 29.6 Å². The van der Waals surface area contributed by atoms with E-state index in [1.54, 1.807) is 11.3 Å². The summed E-state index contributed by atoms with van der Waals surface area (Å²) in [5.74, 6) is 0.198. The summed E-state index contributed by atoms with van der Waals surface area (Å²) < 4.78 is 1.25. The summed E-state index contributed by atoms with van der Waals surface area (Å²) in [6.45, 7) is 4.09. The quantitative estimate of drug-likeness (QED) is 0.877. The Morgan fingerprint density at radius 2 is 2.05 bits per heavy atom. The van der Waals surface area contributed by atoms with Crippen LogP contribution < -0.4 is 5.32 Å². The van der Waals surface area contributed by atoms with Crippen LogP contribution in [0.3, 0.4) is 0 Å². The van der Waals surface area contributed by atoms with E-state index in [9.17, 15) is 4.79 Å². The Bertz CT molecular complexity index is 662. The second-order valence-corrected chi connectivity index (χ2v) is 7.34. The lowest BCUT2D eigenvalue weighted by Gasteiger charge is -2.38. The fourth-order valence-electron chi connectivity index (χ4n) is 3.69. The van der Waals surface area contributed by atoms with Crippen molar-refractivity contribution in [2.45, 2.75) is 19.3 Å². The molecule has 4 rings (SSSR count). The van der Waals surface area contributed by atoms with Gasteiger partial charge in [0.1, 0.15) is 0 Å². The number of nitrogens with zero attached hydrogens (tertiary/aromatic N) is 1. The molecular formula is C17H20N2OS. The summed E-state index contributed by atoms with van der Waals surface area (Å²) in [5, 5.41) is 6.73. The molecule has 2 fully saturated rings. The first-order chi connectivity index (χ1) is 10.3. The number of hydrogen-bond acceptors (Lipinski definition) is 3. The average Bonchev–Trinajstić information content (AvgIpc) is 3.16. The Morgan fingerprint density at radius 3 is 2.81 bits per heavy atom. The van der Waals surface area contributed by atoms with E-state index in [4.69, 9.17) is 0 Å². The molecule has 21 heavy (non-hydrogen) atoms. The normalized spacial score (nSPS) is 21.2. The summed E-state index contributed by atoms with van der Waals surface area (Å²) >= 11 is 1.72. The maximum Gasteiger partial charge on any atom is 0.253 e. The Hall–Kier alpha value is -1.39. The van der Waals surface area contributed by atoms with E-state index in [1.807, 2.05) is 17.0 Å². The van der Waals surface area contributed by atoms with Crippen LogP contribution in [0.5, 0.6) is 0 Å². The van der Waals surface area contributed by atoms with Gasteiger partial charge in [-0.1, -0.05) is 0 Å². The maximum absolute atomic E-state index is 12.7. The van der Waals surface area contributed by atoms with Crippen molar-refractivity contribution in [2.75, 3.05) is 26.2 Å². The molecule has 0 bridgehead atoms. The van der Waals surface area contributed by atoms with Gasteiger partial charge in [0.2, 0.25) is 0 Å². The van der Waals surface area contributed by atoms with Gasteiger partial charge in [0.05, 0.1) is 0 Å². The number of rotatable bonds is 1. The average molecular weight is 300 g/mol. The smallest absolute Gasteiger partial charge is 0.253 e. The lowest BCUT2D eigenvalue weighted by molar-refractivity contribution is 0.0608. The van der Waals surface area contributed by atoms with Gasteiger partial charge in [0.15, 0.2) is 0 Å². The fraction of sp³-hybridized carbons (Fsp3) is 0.471. The number of likely N-dealkylation sites (tertiary alicyclic amines) is 1. The van der Waals surface area contributed by atoms with Gasteiger partial charge >= 0.3 is 0 Å². The van der Waals surface area contributed by atoms with Crippen LogP contribution >= 0.6 is 11.3 Å². The Balaban J connectivity index is 1.50. The highest BCUT2D eigenvalue weighted by molar-refractivity contribution is 7.17. The molecule has 110 valence electrons. The van der Waals surface area contributed by atoms with Gasteiger partial charge in [-0.15, -0.1) is 11.3 Å². The predicted molar refractivity (Wildman–Crippen MR) is 86.9 cm³/mol. The minimum absolute atomic E-state index is 0.198. The Morgan fingerprint density at radius 1 is 1.19 bits per heavy atom. The molecular weight excluding hydrogens is 280 g/mol. The molecule has 2 saturated heterocycles. The SMILES string of the molecule is O=C(c1ccc2sccc2c1)N1CCC2(CCNC2)CC1. The third-order valence-corrected chi connectivity index (χ3v) is 6.04.